The van der Waals surface area contributed by atoms with Gasteiger partial charge in [0.25, 0.3) is 0 Å². The van der Waals surface area contributed by atoms with Crippen molar-refractivity contribution in [1.29, 1.82) is 0 Å². The van der Waals surface area contributed by atoms with Crippen LogP contribution in [0, 0.1) is 19.7 Å². The fraction of sp³-hybridized carbons (Fsp3) is 0.250. The largest absolute Gasteiger partial charge is 0.325 e. The van der Waals surface area contributed by atoms with Gasteiger partial charge in [-0.05, 0) is 62.2 Å². The number of aryl methyl sites for hydroxylation is 3. The Hall–Kier alpha value is -3.46. The Morgan fingerprint density at radius 3 is 2.61 bits per heavy atom. The first-order chi connectivity index (χ1) is 15.9. The molecule has 0 atom stereocenters. The lowest BCUT2D eigenvalue weighted by molar-refractivity contribution is -0.113. The highest BCUT2D eigenvalue weighted by atomic mass is 32.2. The van der Waals surface area contributed by atoms with E-state index in [0.717, 1.165) is 27.9 Å². The van der Waals surface area contributed by atoms with E-state index in [1.807, 2.05) is 56.8 Å². The van der Waals surface area contributed by atoms with Crippen LogP contribution in [0.2, 0.25) is 0 Å². The van der Waals surface area contributed by atoms with Crippen molar-refractivity contribution in [2.75, 3.05) is 11.1 Å². The van der Waals surface area contributed by atoms with Crippen LogP contribution in [0.4, 0.5) is 10.1 Å². The Labute approximate surface area is 196 Å². The molecule has 0 aliphatic rings. The molecule has 33 heavy (non-hydrogen) atoms. The van der Waals surface area contributed by atoms with Gasteiger partial charge in [-0.1, -0.05) is 23.9 Å². The minimum Gasteiger partial charge on any atom is -0.325 e. The molecule has 0 radical (unpaired) electrons. The highest BCUT2D eigenvalue weighted by Gasteiger charge is 2.20. The van der Waals surface area contributed by atoms with Crippen LogP contribution in [-0.4, -0.2) is 36.2 Å². The molecule has 0 saturated carbocycles. The predicted octanol–water partition coefficient (Wildman–Crippen LogP) is 4.85. The van der Waals surface area contributed by atoms with Crippen LogP contribution < -0.4 is 5.32 Å². The SMILES string of the molecule is CCn1c(SCC(=O)Nc2cc(C)ccc2C)nnc1-c1cn(C)nc1-c1ccc(F)cc1. The van der Waals surface area contributed by atoms with Crippen molar-refractivity contribution in [2.45, 2.75) is 32.5 Å². The van der Waals surface area contributed by atoms with E-state index in [-0.39, 0.29) is 17.5 Å². The molecule has 0 saturated heterocycles. The maximum absolute atomic E-state index is 13.4. The van der Waals surface area contributed by atoms with Gasteiger partial charge in [-0.2, -0.15) is 5.10 Å². The third kappa shape index (κ3) is 4.98. The number of rotatable bonds is 7. The van der Waals surface area contributed by atoms with Crippen LogP contribution in [0.5, 0.6) is 0 Å². The lowest BCUT2D eigenvalue weighted by Crippen LogP contribution is -2.15. The number of benzene rings is 2. The number of hydrogen-bond acceptors (Lipinski definition) is 5. The van der Waals surface area contributed by atoms with Crippen molar-refractivity contribution >= 4 is 23.4 Å². The second-order valence-corrected chi connectivity index (χ2v) is 8.72. The monoisotopic (exact) mass is 464 g/mol. The van der Waals surface area contributed by atoms with E-state index in [1.54, 1.807) is 16.8 Å². The highest BCUT2D eigenvalue weighted by Crippen LogP contribution is 2.32. The molecule has 170 valence electrons. The summed E-state index contributed by atoms with van der Waals surface area (Å²) in [5, 5.41) is 16.9. The number of carbonyl (C=O) groups excluding carboxylic acids is 1. The zero-order chi connectivity index (χ0) is 23.5. The number of carbonyl (C=O) groups is 1. The van der Waals surface area contributed by atoms with Crippen molar-refractivity contribution in [2.24, 2.45) is 7.05 Å². The van der Waals surface area contributed by atoms with E-state index < -0.39 is 0 Å². The minimum atomic E-state index is -0.300. The average Bonchev–Trinajstić information content (AvgIpc) is 3.38. The Kier molecular flexibility index (Phi) is 6.60. The Balaban J connectivity index is 1.55. The number of aromatic nitrogens is 5. The third-order valence-electron chi connectivity index (χ3n) is 5.22. The smallest absolute Gasteiger partial charge is 0.234 e. The van der Waals surface area contributed by atoms with E-state index >= 15 is 0 Å². The van der Waals surface area contributed by atoms with Crippen molar-refractivity contribution in [3.63, 3.8) is 0 Å². The van der Waals surface area contributed by atoms with Crippen LogP contribution in [0.15, 0.2) is 53.8 Å². The second-order valence-electron chi connectivity index (χ2n) is 7.78. The molecule has 4 aromatic rings. The van der Waals surface area contributed by atoms with Gasteiger partial charge in [0.1, 0.15) is 11.5 Å². The Morgan fingerprint density at radius 1 is 1.12 bits per heavy atom. The molecular formula is C24H25FN6OS. The lowest BCUT2D eigenvalue weighted by Gasteiger charge is -2.10. The van der Waals surface area contributed by atoms with Gasteiger partial charge in [0.2, 0.25) is 5.91 Å². The number of amides is 1. The first kappa shape index (κ1) is 22.7. The summed E-state index contributed by atoms with van der Waals surface area (Å²) in [6, 6.07) is 12.2. The molecule has 1 N–H and O–H groups in total. The zero-order valence-corrected chi connectivity index (χ0v) is 19.8. The maximum atomic E-state index is 13.4. The summed E-state index contributed by atoms with van der Waals surface area (Å²) >= 11 is 1.34. The molecule has 0 unspecified atom stereocenters. The van der Waals surface area contributed by atoms with Crippen LogP contribution in [-0.2, 0) is 18.4 Å². The van der Waals surface area contributed by atoms with Gasteiger partial charge in [-0.15, -0.1) is 10.2 Å². The molecule has 0 aliphatic heterocycles. The highest BCUT2D eigenvalue weighted by molar-refractivity contribution is 7.99. The van der Waals surface area contributed by atoms with Crippen LogP contribution in [0.1, 0.15) is 18.1 Å². The summed E-state index contributed by atoms with van der Waals surface area (Å²) in [5.74, 6) is 0.464. The van der Waals surface area contributed by atoms with E-state index in [1.165, 1.54) is 23.9 Å². The maximum Gasteiger partial charge on any atom is 0.234 e. The molecule has 2 heterocycles. The van der Waals surface area contributed by atoms with Gasteiger partial charge >= 0.3 is 0 Å². The fourth-order valence-corrected chi connectivity index (χ4v) is 4.34. The minimum absolute atomic E-state index is 0.103. The van der Waals surface area contributed by atoms with Crippen LogP contribution in [0.25, 0.3) is 22.6 Å². The molecule has 9 heteroatoms. The van der Waals surface area contributed by atoms with Crippen LogP contribution >= 0.6 is 11.8 Å². The Morgan fingerprint density at radius 2 is 1.88 bits per heavy atom. The molecule has 0 aliphatic carbocycles. The molecule has 0 bridgehead atoms. The summed E-state index contributed by atoms with van der Waals surface area (Å²) in [4.78, 5) is 12.6. The molecule has 1 amide bonds. The number of thioether (sulfide) groups is 1. The van der Waals surface area contributed by atoms with Crippen molar-refractivity contribution in [3.8, 4) is 22.6 Å². The standard InChI is InChI=1S/C24H25FN6OS/c1-5-31-23(19-13-30(4)29-22(19)17-8-10-18(25)11-9-17)27-28-24(31)33-14-21(32)26-20-12-15(2)6-7-16(20)3/h6-13H,5,14H2,1-4H3,(H,26,32). The first-order valence-electron chi connectivity index (χ1n) is 10.6. The third-order valence-corrected chi connectivity index (χ3v) is 6.19. The van der Waals surface area contributed by atoms with Gasteiger partial charge in [0, 0.05) is 31.0 Å². The zero-order valence-electron chi connectivity index (χ0n) is 19.0. The van der Waals surface area contributed by atoms with Gasteiger partial charge < -0.3 is 9.88 Å². The second kappa shape index (κ2) is 9.58. The van der Waals surface area contributed by atoms with Crippen molar-refractivity contribution in [1.82, 2.24) is 24.5 Å². The molecule has 0 fully saturated rings. The van der Waals surface area contributed by atoms with E-state index in [0.29, 0.717) is 23.2 Å². The topological polar surface area (TPSA) is 77.6 Å². The molecule has 2 aromatic carbocycles. The van der Waals surface area contributed by atoms with Crippen molar-refractivity contribution in [3.05, 3.63) is 65.6 Å². The predicted molar refractivity (Wildman–Crippen MR) is 129 cm³/mol. The van der Waals surface area contributed by atoms with Gasteiger partial charge in [0.05, 0.1) is 11.3 Å². The molecule has 0 spiro atoms. The summed E-state index contributed by atoms with van der Waals surface area (Å²) < 4.78 is 17.1. The average molecular weight is 465 g/mol. The lowest BCUT2D eigenvalue weighted by atomic mass is 10.1. The molecule has 7 nitrogen and oxygen atoms in total. The number of halogens is 1. The molecular weight excluding hydrogens is 439 g/mol. The summed E-state index contributed by atoms with van der Waals surface area (Å²) in [7, 11) is 1.83. The summed E-state index contributed by atoms with van der Waals surface area (Å²) in [5.41, 5.74) is 5.21. The van der Waals surface area contributed by atoms with Crippen LogP contribution in [0.3, 0.4) is 0 Å². The number of nitrogens with one attached hydrogen (secondary N) is 1. The van der Waals surface area contributed by atoms with Gasteiger partial charge in [-0.3, -0.25) is 9.48 Å². The quantitative estimate of drug-likeness (QED) is 0.396. The number of anilines is 1. The summed E-state index contributed by atoms with van der Waals surface area (Å²) in [6.45, 7) is 6.59. The van der Waals surface area contributed by atoms with E-state index in [9.17, 15) is 9.18 Å². The molecule has 4 rings (SSSR count). The van der Waals surface area contributed by atoms with E-state index in [2.05, 4.69) is 20.6 Å². The molecule has 2 aromatic heterocycles. The Bertz CT molecular complexity index is 1300. The van der Waals surface area contributed by atoms with Gasteiger partial charge in [-0.25, -0.2) is 4.39 Å². The fourth-order valence-electron chi connectivity index (χ4n) is 3.54. The van der Waals surface area contributed by atoms with E-state index in [4.69, 9.17) is 0 Å². The summed E-state index contributed by atoms with van der Waals surface area (Å²) in [6.07, 6.45) is 1.87. The van der Waals surface area contributed by atoms with Gasteiger partial charge in [0.15, 0.2) is 11.0 Å². The number of nitrogens with zero attached hydrogens (tertiary/aromatic N) is 5. The van der Waals surface area contributed by atoms with Crippen molar-refractivity contribution < 1.29 is 9.18 Å². The normalized spacial score (nSPS) is 11.1. The number of hydrogen-bond donors (Lipinski definition) is 1. The first-order valence-corrected chi connectivity index (χ1v) is 11.6.